The molecule has 0 radical (unpaired) electrons. The van der Waals surface area contributed by atoms with Crippen molar-refractivity contribution in [2.75, 3.05) is 33.8 Å². The standard InChI is InChI=1S/C14H30N2O/c1-12(15-4)13-7-6-9-16(11-13)10-8-14(2,3)17-5/h12-13,15H,6-11H2,1-5H3. The van der Waals surface area contributed by atoms with Gasteiger partial charge in [0.15, 0.2) is 0 Å². The Hall–Kier alpha value is -0.120. The molecule has 1 aliphatic heterocycles. The SMILES string of the molecule is CNC(C)C1CCCN(CCC(C)(C)OC)C1. The molecule has 1 rings (SSSR count). The third-order valence-electron chi connectivity index (χ3n) is 4.29. The Morgan fingerprint density at radius 1 is 1.47 bits per heavy atom. The van der Waals surface area contributed by atoms with Gasteiger partial charge in [-0.1, -0.05) is 0 Å². The van der Waals surface area contributed by atoms with Crippen molar-refractivity contribution in [3.8, 4) is 0 Å². The molecule has 1 aliphatic rings. The van der Waals surface area contributed by atoms with Crippen LogP contribution in [0.1, 0.15) is 40.0 Å². The molecule has 0 bridgehead atoms. The molecule has 3 nitrogen and oxygen atoms in total. The van der Waals surface area contributed by atoms with Crippen LogP contribution in [0.3, 0.4) is 0 Å². The number of hydrogen-bond acceptors (Lipinski definition) is 3. The highest BCUT2D eigenvalue weighted by molar-refractivity contribution is 4.81. The van der Waals surface area contributed by atoms with Crippen LogP contribution in [0.25, 0.3) is 0 Å². The van der Waals surface area contributed by atoms with Crippen molar-refractivity contribution in [2.24, 2.45) is 5.92 Å². The molecule has 102 valence electrons. The molecule has 0 amide bonds. The van der Waals surface area contributed by atoms with E-state index in [0.717, 1.165) is 18.9 Å². The van der Waals surface area contributed by atoms with Crippen LogP contribution in [0.2, 0.25) is 0 Å². The third-order valence-corrected chi connectivity index (χ3v) is 4.29. The van der Waals surface area contributed by atoms with Crippen molar-refractivity contribution in [2.45, 2.75) is 51.7 Å². The molecule has 3 heteroatoms. The van der Waals surface area contributed by atoms with Gasteiger partial charge in [-0.15, -0.1) is 0 Å². The van der Waals surface area contributed by atoms with Crippen molar-refractivity contribution in [1.82, 2.24) is 10.2 Å². The maximum absolute atomic E-state index is 5.49. The molecule has 0 aromatic heterocycles. The van der Waals surface area contributed by atoms with E-state index in [-0.39, 0.29) is 5.60 Å². The van der Waals surface area contributed by atoms with E-state index in [9.17, 15) is 0 Å². The van der Waals surface area contributed by atoms with Gasteiger partial charge in [0, 0.05) is 26.2 Å². The van der Waals surface area contributed by atoms with Crippen molar-refractivity contribution in [3.05, 3.63) is 0 Å². The van der Waals surface area contributed by atoms with Crippen molar-refractivity contribution in [1.29, 1.82) is 0 Å². The first kappa shape index (κ1) is 14.9. The monoisotopic (exact) mass is 242 g/mol. The summed E-state index contributed by atoms with van der Waals surface area (Å²) in [5.74, 6) is 0.805. The lowest BCUT2D eigenvalue weighted by Gasteiger charge is -2.37. The first-order valence-electron chi connectivity index (χ1n) is 6.93. The Kier molecular flexibility index (Phi) is 5.90. The molecule has 0 aliphatic carbocycles. The summed E-state index contributed by atoms with van der Waals surface area (Å²) in [7, 11) is 3.87. The number of nitrogens with zero attached hydrogens (tertiary/aromatic N) is 1. The van der Waals surface area contributed by atoms with Crippen molar-refractivity contribution in [3.63, 3.8) is 0 Å². The Morgan fingerprint density at radius 2 is 2.18 bits per heavy atom. The molecule has 17 heavy (non-hydrogen) atoms. The molecule has 0 spiro atoms. The molecule has 0 aromatic rings. The van der Waals surface area contributed by atoms with Gasteiger partial charge in [-0.3, -0.25) is 0 Å². The number of likely N-dealkylation sites (tertiary alicyclic amines) is 1. The maximum atomic E-state index is 5.49. The number of ether oxygens (including phenoxy) is 1. The molecule has 1 fully saturated rings. The number of rotatable bonds is 6. The molecule has 1 saturated heterocycles. The van der Waals surface area contributed by atoms with E-state index in [1.165, 1.54) is 25.9 Å². The molecule has 0 saturated carbocycles. The lowest BCUT2D eigenvalue weighted by Crippen LogP contribution is -2.44. The number of piperidine rings is 1. The summed E-state index contributed by atoms with van der Waals surface area (Å²) in [6.07, 6.45) is 3.82. The van der Waals surface area contributed by atoms with E-state index < -0.39 is 0 Å². The fraction of sp³-hybridized carbons (Fsp3) is 1.00. The van der Waals surface area contributed by atoms with Crippen LogP contribution in [0, 0.1) is 5.92 Å². The first-order valence-corrected chi connectivity index (χ1v) is 6.93. The fourth-order valence-corrected chi connectivity index (χ4v) is 2.47. The first-order chi connectivity index (χ1) is 7.98. The summed E-state index contributed by atoms with van der Waals surface area (Å²) < 4.78 is 5.49. The summed E-state index contributed by atoms with van der Waals surface area (Å²) in [6.45, 7) is 10.3. The lowest BCUT2D eigenvalue weighted by molar-refractivity contribution is 0.00346. The summed E-state index contributed by atoms with van der Waals surface area (Å²) >= 11 is 0. The molecule has 1 N–H and O–H groups in total. The maximum Gasteiger partial charge on any atom is 0.0634 e. The number of methoxy groups -OCH3 is 1. The molecule has 1 heterocycles. The van der Waals surface area contributed by atoms with Gasteiger partial charge >= 0.3 is 0 Å². The Balaban J connectivity index is 2.34. The third kappa shape index (κ3) is 4.94. The minimum absolute atomic E-state index is 0.0154. The van der Waals surface area contributed by atoms with Crippen LogP contribution in [0.5, 0.6) is 0 Å². The molecule has 2 atom stereocenters. The summed E-state index contributed by atoms with van der Waals surface area (Å²) in [5, 5.41) is 3.39. The summed E-state index contributed by atoms with van der Waals surface area (Å²) in [4.78, 5) is 2.60. The van der Waals surface area contributed by atoms with Gasteiger partial charge in [0.2, 0.25) is 0 Å². The average molecular weight is 242 g/mol. The van der Waals surface area contributed by atoms with Crippen LogP contribution >= 0.6 is 0 Å². The van der Waals surface area contributed by atoms with Crippen LogP contribution in [-0.2, 0) is 4.74 Å². The second kappa shape index (κ2) is 6.72. The van der Waals surface area contributed by atoms with Gasteiger partial charge in [-0.2, -0.15) is 0 Å². The molecule has 0 aromatic carbocycles. The van der Waals surface area contributed by atoms with Crippen molar-refractivity contribution >= 4 is 0 Å². The normalized spacial score (nSPS) is 24.9. The van der Waals surface area contributed by atoms with Crippen LogP contribution < -0.4 is 5.32 Å². The Bertz CT molecular complexity index is 218. The van der Waals surface area contributed by atoms with Gasteiger partial charge in [0.25, 0.3) is 0 Å². The highest BCUT2D eigenvalue weighted by Crippen LogP contribution is 2.21. The van der Waals surface area contributed by atoms with Gasteiger partial charge in [-0.25, -0.2) is 0 Å². The zero-order valence-electron chi connectivity index (χ0n) is 12.3. The van der Waals surface area contributed by atoms with Crippen LogP contribution in [0.4, 0.5) is 0 Å². The minimum atomic E-state index is 0.0154. The zero-order valence-corrected chi connectivity index (χ0v) is 12.3. The van der Waals surface area contributed by atoms with E-state index in [0.29, 0.717) is 6.04 Å². The predicted molar refractivity (Wildman–Crippen MR) is 73.4 cm³/mol. The largest absolute Gasteiger partial charge is 0.379 e. The number of hydrogen-bond donors (Lipinski definition) is 1. The zero-order chi connectivity index (χ0) is 12.9. The smallest absolute Gasteiger partial charge is 0.0634 e. The number of nitrogens with one attached hydrogen (secondary N) is 1. The topological polar surface area (TPSA) is 24.5 Å². The van der Waals surface area contributed by atoms with Crippen LogP contribution in [-0.4, -0.2) is 50.3 Å². The van der Waals surface area contributed by atoms with Crippen molar-refractivity contribution < 1.29 is 4.74 Å². The summed E-state index contributed by atoms with van der Waals surface area (Å²) in [5.41, 5.74) is 0.0154. The van der Waals surface area contributed by atoms with Gasteiger partial charge in [0.1, 0.15) is 0 Å². The van der Waals surface area contributed by atoms with E-state index in [1.807, 2.05) is 7.11 Å². The molecule has 2 unspecified atom stereocenters. The van der Waals surface area contributed by atoms with Gasteiger partial charge in [0.05, 0.1) is 5.60 Å². The van der Waals surface area contributed by atoms with E-state index >= 15 is 0 Å². The molecular weight excluding hydrogens is 212 g/mol. The predicted octanol–water partition coefficient (Wildman–Crippen LogP) is 2.12. The van der Waals surface area contributed by atoms with Crippen LogP contribution in [0.15, 0.2) is 0 Å². The van der Waals surface area contributed by atoms with Gasteiger partial charge < -0.3 is 15.0 Å². The quantitative estimate of drug-likeness (QED) is 0.772. The highest BCUT2D eigenvalue weighted by atomic mass is 16.5. The van der Waals surface area contributed by atoms with E-state index in [1.54, 1.807) is 0 Å². The highest BCUT2D eigenvalue weighted by Gasteiger charge is 2.25. The Morgan fingerprint density at radius 3 is 2.76 bits per heavy atom. The minimum Gasteiger partial charge on any atom is -0.379 e. The Labute approximate surface area is 107 Å². The second-order valence-electron chi connectivity index (χ2n) is 5.99. The lowest BCUT2D eigenvalue weighted by atomic mass is 9.91. The summed E-state index contributed by atoms with van der Waals surface area (Å²) in [6, 6.07) is 0.633. The van der Waals surface area contributed by atoms with E-state index in [2.05, 4.69) is 38.0 Å². The van der Waals surface area contributed by atoms with Gasteiger partial charge in [-0.05, 0) is 59.5 Å². The van der Waals surface area contributed by atoms with E-state index in [4.69, 9.17) is 4.74 Å². The molecular formula is C14H30N2O. The average Bonchev–Trinajstić information content (AvgIpc) is 2.36. The second-order valence-corrected chi connectivity index (χ2v) is 5.99. The fourth-order valence-electron chi connectivity index (χ4n) is 2.47.